The first kappa shape index (κ1) is 17.5. The van der Waals surface area contributed by atoms with E-state index in [0.717, 1.165) is 17.0 Å². The number of Topliss-reactive ketones (excluding diaryl/α,β-unsaturated/α-hetero) is 1. The van der Waals surface area contributed by atoms with Gasteiger partial charge in [0.1, 0.15) is 5.75 Å². The maximum atomic E-state index is 12.1. The fourth-order valence-electron chi connectivity index (χ4n) is 2.40. The lowest BCUT2D eigenvalue weighted by Gasteiger charge is -2.17. The number of para-hydroxylation sites is 1. The van der Waals surface area contributed by atoms with Crippen LogP contribution in [0.2, 0.25) is 0 Å². The van der Waals surface area contributed by atoms with Crippen LogP contribution in [0, 0.1) is 0 Å². The van der Waals surface area contributed by atoms with Gasteiger partial charge in [-0.1, -0.05) is 18.2 Å². The van der Waals surface area contributed by atoms with Crippen LogP contribution in [-0.4, -0.2) is 25.3 Å². The zero-order valence-corrected chi connectivity index (χ0v) is 14.1. The fraction of sp³-hybridized carbons (Fsp3) is 0.263. The third-order valence-electron chi connectivity index (χ3n) is 3.73. The van der Waals surface area contributed by atoms with Gasteiger partial charge < -0.3 is 15.4 Å². The zero-order valence-electron chi connectivity index (χ0n) is 14.1. The predicted octanol–water partition coefficient (Wildman–Crippen LogP) is 3.19. The number of ketones is 1. The number of carbonyl (C=O) groups excluding carboxylic acids is 2. The van der Waals surface area contributed by atoms with E-state index in [2.05, 4.69) is 10.6 Å². The normalized spacial score (nSPS) is 11.5. The van der Waals surface area contributed by atoms with Crippen molar-refractivity contribution >= 4 is 17.4 Å². The molecule has 1 atom stereocenters. The number of carbonyl (C=O) groups is 2. The van der Waals surface area contributed by atoms with Gasteiger partial charge >= 0.3 is 0 Å². The summed E-state index contributed by atoms with van der Waals surface area (Å²) in [4.78, 5) is 23.3. The number of hydrogen-bond acceptors (Lipinski definition) is 4. The smallest absolute Gasteiger partial charge is 0.239 e. The van der Waals surface area contributed by atoms with Gasteiger partial charge in [0.2, 0.25) is 5.91 Å². The van der Waals surface area contributed by atoms with Gasteiger partial charge in [-0.3, -0.25) is 9.59 Å². The molecule has 126 valence electrons. The Morgan fingerprint density at radius 3 is 2.38 bits per heavy atom. The second kappa shape index (κ2) is 8.15. The van der Waals surface area contributed by atoms with Crippen LogP contribution in [-0.2, 0) is 4.79 Å². The molecule has 2 rings (SSSR count). The number of amides is 1. The minimum absolute atomic E-state index is 0.0185. The van der Waals surface area contributed by atoms with Gasteiger partial charge in [-0.25, -0.2) is 0 Å². The van der Waals surface area contributed by atoms with Crippen molar-refractivity contribution in [2.45, 2.75) is 19.9 Å². The van der Waals surface area contributed by atoms with E-state index in [4.69, 9.17) is 4.74 Å². The number of methoxy groups -OCH3 is 1. The fourth-order valence-corrected chi connectivity index (χ4v) is 2.40. The molecule has 0 saturated carbocycles. The molecular formula is C19H22N2O3. The molecule has 0 bridgehead atoms. The quantitative estimate of drug-likeness (QED) is 0.767. The second-order valence-corrected chi connectivity index (χ2v) is 5.52. The van der Waals surface area contributed by atoms with Crippen molar-refractivity contribution in [1.29, 1.82) is 0 Å². The van der Waals surface area contributed by atoms with E-state index in [0.29, 0.717) is 5.56 Å². The molecule has 2 aromatic carbocycles. The van der Waals surface area contributed by atoms with Gasteiger partial charge in [-0.2, -0.15) is 0 Å². The first-order valence-corrected chi connectivity index (χ1v) is 7.78. The lowest BCUT2D eigenvalue weighted by Crippen LogP contribution is -2.32. The Morgan fingerprint density at radius 1 is 1.08 bits per heavy atom. The highest BCUT2D eigenvalue weighted by Gasteiger charge is 2.13. The molecule has 0 fully saturated rings. The van der Waals surface area contributed by atoms with E-state index in [1.807, 2.05) is 31.2 Å². The molecule has 24 heavy (non-hydrogen) atoms. The molecule has 0 radical (unpaired) electrons. The average molecular weight is 326 g/mol. The van der Waals surface area contributed by atoms with E-state index in [1.54, 1.807) is 31.4 Å². The van der Waals surface area contributed by atoms with Crippen LogP contribution in [0.25, 0.3) is 0 Å². The van der Waals surface area contributed by atoms with Gasteiger partial charge in [0.15, 0.2) is 5.78 Å². The molecule has 0 spiro atoms. The number of benzene rings is 2. The number of hydrogen-bond donors (Lipinski definition) is 2. The molecule has 5 nitrogen and oxygen atoms in total. The summed E-state index contributed by atoms with van der Waals surface area (Å²) in [7, 11) is 1.61. The van der Waals surface area contributed by atoms with Gasteiger partial charge in [0.05, 0.1) is 19.7 Å². The Labute approximate surface area is 142 Å². The van der Waals surface area contributed by atoms with Crippen LogP contribution in [0.15, 0.2) is 48.5 Å². The third kappa shape index (κ3) is 4.59. The maximum Gasteiger partial charge on any atom is 0.239 e. The lowest BCUT2D eigenvalue weighted by atomic mass is 10.1. The molecule has 0 aliphatic carbocycles. The highest BCUT2D eigenvalue weighted by molar-refractivity contribution is 5.94. The number of rotatable bonds is 7. The summed E-state index contributed by atoms with van der Waals surface area (Å²) < 4.78 is 5.31. The van der Waals surface area contributed by atoms with Gasteiger partial charge in [0.25, 0.3) is 0 Å². The van der Waals surface area contributed by atoms with Crippen molar-refractivity contribution in [1.82, 2.24) is 5.32 Å². The molecule has 5 heteroatoms. The molecule has 0 aromatic heterocycles. The van der Waals surface area contributed by atoms with Crippen molar-refractivity contribution < 1.29 is 14.3 Å². The van der Waals surface area contributed by atoms with Crippen LogP contribution < -0.4 is 15.4 Å². The minimum Gasteiger partial charge on any atom is -0.496 e. The summed E-state index contributed by atoms with van der Waals surface area (Å²) in [5.41, 5.74) is 2.37. The van der Waals surface area contributed by atoms with E-state index < -0.39 is 0 Å². The molecule has 2 aromatic rings. The molecule has 0 aliphatic heterocycles. The van der Waals surface area contributed by atoms with Crippen molar-refractivity contribution in [2.75, 3.05) is 19.0 Å². The van der Waals surface area contributed by atoms with Crippen molar-refractivity contribution in [3.63, 3.8) is 0 Å². The van der Waals surface area contributed by atoms with Crippen molar-refractivity contribution in [2.24, 2.45) is 0 Å². The summed E-state index contributed by atoms with van der Waals surface area (Å²) in [6.07, 6.45) is 0. The largest absolute Gasteiger partial charge is 0.496 e. The van der Waals surface area contributed by atoms with Crippen LogP contribution in [0.5, 0.6) is 5.75 Å². The standard InChI is InChI=1S/C19H22N2O3/c1-13(17-6-4-5-7-18(17)24-3)21-19(23)12-20-16-10-8-15(9-11-16)14(2)22/h4-11,13,20H,12H2,1-3H3,(H,21,23). The Kier molecular flexibility index (Phi) is 5.95. The third-order valence-corrected chi connectivity index (χ3v) is 3.73. The van der Waals surface area contributed by atoms with E-state index in [1.165, 1.54) is 6.92 Å². The Morgan fingerprint density at radius 2 is 1.75 bits per heavy atom. The lowest BCUT2D eigenvalue weighted by molar-refractivity contribution is -0.120. The number of anilines is 1. The van der Waals surface area contributed by atoms with Gasteiger partial charge in [0, 0.05) is 16.8 Å². The van der Waals surface area contributed by atoms with Gasteiger partial charge in [-0.15, -0.1) is 0 Å². The Balaban J connectivity index is 1.89. The van der Waals surface area contributed by atoms with E-state index in [9.17, 15) is 9.59 Å². The maximum absolute atomic E-state index is 12.1. The Hall–Kier alpha value is -2.82. The topological polar surface area (TPSA) is 67.4 Å². The van der Waals surface area contributed by atoms with Gasteiger partial charge in [-0.05, 0) is 44.2 Å². The summed E-state index contributed by atoms with van der Waals surface area (Å²) in [5.74, 6) is 0.645. The summed E-state index contributed by atoms with van der Waals surface area (Å²) in [5, 5.41) is 5.98. The van der Waals surface area contributed by atoms with Crippen LogP contribution >= 0.6 is 0 Å². The zero-order chi connectivity index (χ0) is 17.5. The number of ether oxygens (including phenoxy) is 1. The van der Waals surface area contributed by atoms with E-state index in [-0.39, 0.29) is 24.3 Å². The molecular weight excluding hydrogens is 304 g/mol. The van der Waals surface area contributed by atoms with Crippen molar-refractivity contribution in [3.05, 3.63) is 59.7 Å². The minimum atomic E-state index is -0.157. The molecule has 0 aliphatic rings. The van der Waals surface area contributed by atoms with Crippen LogP contribution in [0.1, 0.15) is 35.8 Å². The average Bonchev–Trinajstić information content (AvgIpc) is 2.60. The summed E-state index contributed by atoms with van der Waals surface area (Å²) >= 11 is 0. The molecule has 0 heterocycles. The SMILES string of the molecule is COc1ccccc1C(C)NC(=O)CNc1ccc(C(C)=O)cc1. The molecule has 2 N–H and O–H groups in total. The first-order chi connectivity index (χ1) is 11.5. The monoisotopic (exact) mass is 326 g/mol. The van der Waals surface area contributed by atoms with Crippen LogP contribution in [0.3, 0.4) is 0 Å². The van der Waals surface area contributed by atoms with Crippen molar-refractivity contribution in [3.8, 4) is 5.75 Å². The predicted molar refractivity (Wildman–Crippen MR) is 94.5 cm³/mol. The summed E-state index contributed by atoms with van der Waals surface area (Å²) in [6, 6.07) is 14.5. The first-order valence-electron chi connectivity index (χ1n) is 7.78. The molecule has 0 saturated heterocycles. The van der Waals surface area contributed by atoms with Crippen LogP contribution in [0.4, 0.5) is 5.69 Å². The van der Waals surface area contributed by atoms with E-state index >= 15 is 0 Å². The molecule has 1 amide bonds. The number of nitrogens with one attached hydrogen (secondary N) is 2. The highest BCUT2D eigenvalue weighted by atomic mass is 16.5. The molecule has 1 unspecified atom stereocenters. The Bertz CT molecular complexity index is 711. The summed E-state index contributed by atoms with van der Waals surface area (Å²) in [6.45, 7) is 3.59. The second-order valence-electron chi connectivity index (χ2n) is 5.52. The highest BCUT2D eigenvalue weighted by Crippen LogP contribution is 2.24.